The van der Waals surface area contributed by atoms with Gasteiger partial charge in [0.25, 0.3) is 5.91 Å². The number of likely N-dealkylation sites (N-methyl/N-ethyl adjacent to an activating group) is 1. The number of carbonyl (C=O) groups is 1. The molecule has 1 aromatic rings. The van der Waals surface area contributed by atoms with Crippen LogP contribution in [0.15, 0.2) is 18.2 Å². The average Bonchev–Trinajstić information content (AvgIpc) is 2.15. The lowest BCUT2D eigenvalue weighted by Gasteiger charge is -2.10. The Labute approximate surface area is 105 Å². The molecule has 0 spiro atoms. The van der Waals surface area contributed by atoms with Crippen LogP contribution in [0, 0.1) is 0 Å². The predicted molar refractivity (Wildman–Crippen MR) is 67.3 cm³/mol. The first-order chi connectivity index (χ1) is 7.49. The minimum atomic E-state index is -0.161. The number of nitrogens with one attached hydrogen (secondary N) is 1. The molecule has 0 saturated heterocycles. The Kier molecular flexibility index (Phi) is 5.06. The molecule has 1 rings (SSSR count). The van der Waals surface area contributed by atoms with Gasteiger partial charge in [-0.3, -0.25) is 4.79 Å². The van der Waals surface area contributed by atoms with Crippen LogP contribution < -0.4 is 5.32 Å². The molecule has 0 aliphatic carbocycles. The Morgan fingerprint density at radius 2 is 1.81 bits per heavy atom. The molecule has 88 valence electrons. The van der Waals surface area contributed by atoms with E-state index in [0.29, 0.717) is 22.2 Å². The molecule has 5 heteroatoms. The van der Waals surface area contributed by atoms with Crippen molar-refractivity contribution in [2.45, 2.75) is 0 Å². The summed E-state index contributed by atoms with van der Waals surface area (Å²) in [6.07, 6.45) is 0. The smallest absolute Gasteiger partial charge is 0.251 e. The zero-order valence-corrected chi connectivity index (χ0v) is 10.8. The monoisotopic (exact) mass is 260 g/mol. The molecule has 0 aromatic heterocycles. The van der Waals surface area contributed by atoms with E-state index in [0.717, 1.165) is 6.54 Å². The lowest BCUT2D eigenvalue weighted by molar-refractivity contribution is 0.0951. The van der Waals surface area contributed by atoms with Gasteiger partial charge in [0.05, 0.1) is 0 Å². The fourth-order valence-electron chi connectivity index (χ4n) is 1.18. The summed E-state index contributed by atoms with van der Waals surface area (Å²) in [5, 5.41) is 3.71. The van der Waals surface area contributed by atoms with Gasteiger partial charge in [-0.2, -0.15) is 0 Å². The van der Waals surface area contributed by atoms with E-state index in [1.54, 1.807) is 18.2 Å². The highest BCUT2D eigenvalue weighted by Gasteiger charge is 2.07. The van der Waals surface area contributed by atoms with Gasteiger partial charge in [0.2, 0.25) is 0 Å². The summed E-state index contributed by atoms with van der Waals surface area (Å²) in [6.45, 7) is 1.38. The maximum Gasteiger partial charge on any atom is 0.251 e. The minimum absolute atomic E-state index is 0.161. The molecule has 0 aliphatic rings. The van der Waals surface area contributed by atoms with Crippen LogP contribution in [-0.4, -0.2) is 38.0 Å². The SMILES string of the molecule is CN(C)CCNC(=O)c1cc(Cl)cc(Cl)c1. The van der Waals surface area contributed by atoms with Crippen molar-refractivity contribution in [2.75, 3.05) is 27.2 Å². The first-order valence-corrected chi connectivity index (χ1v) is 5.63. The summed E-state index contributed by atoms with van der Waals surface area (Å²) in [5.74, 6) is -0.161. The molecule has 0 saturated carbocycles. The van der Waals surface area contributed by atoms with Crippen molar-refractivity contribution in [1.82, 2.24) is 10.2 Å². The van der Waals surface area contributed by atoms with Gasteiger partial charge in [0.1, 0.15) is 0 Å². The van der Waals surface area contributed by atoms with Gasteiger partial charge in [-0.1, -0.05) is 23.2 Å². The summed E-state index contributed by atoms with van der Waals surface area (Å²) >= 11 is 11.6. The molecule has 0 radical (unpaired) electrons. The number of benzene rings is 1. The Bertz CT molecular complexity index is 360. The molecule has 1 N–H and O–H groups in total. The van der Waals surface area contributed by atoms with E-state index in [4.69, 9.17) is 23.2 Å². The fraction of sp³-hybridized carbons (Fsp3) is 0.364. The van der Waals surface area contributed by atoms with Crippen LogP contribution in [0.2, 0.25) is 10.0 Å². The topological polar surface area (TPSA) is 32.3 Å². The fourth-order valence-corrected chi connectivity index (χ4v) is 1.71. The summed E-state index contributed by atoms with van der Waals surface area (Å²) in [7, 11) is 3.89. The molecular formula is C11H14Cl2N2O. The quantitative estimate of drug-likeness (QED) is 0.901. The molecule has 3 nitrogen and oxygen atoms in total. The normalized spacial score (nSPS) is 10.6. The first kappa shape index (κ1) is 13.3. The van der Waals surface area contributed by atoms with E-state index < -0.39 is 0 Å². The Balaban J connectivity index is 2.59. The number of carbonyl (C=O) groups excluding carboxylic acids is 1. The second-order valence-corrected chi connectivity index (χ2v) is 4.59. The summed E-state index contributed by atoms with van der Waals surface area (Å²) in [6, 6.07) is 4.79. The number of nitrogens with zero attached hydrogens (tertiary/aromatic N) is 1. The molecule has 0 fully saturated rings. The van der Waals surface area contributed by atoms with Gasteiger partial charge >= 0.3 is 0 Å². The third-order valence-corrected chi connectivity index (χ3v) is 2.41. The molecule has 0 bridgehead atoms. The molecule has 0 heterocycles. The van der Waals surface area contributed by atoms with E-state index in [1.165, 1.54) is 0 Å². The molecule has 0 aliphatic heterocycles. The molecule has 1 amide bonds. The number of hydrogen-bond acceptors (Lipinski definition) is 2. The second-order valence-electron chi connectivity index (χ2n) is 3.72. The van der Waals surface area contributed by atoms with Crippen molar-refractivity contribution < 1.29 is 4.79 Å². The van der Waals surface area contributed by atoms with Crippen LogP contribution >= 0.6 is 23.2 Å². The molecule has 16 heavy (non-hydrogen) atoms. The van der Waals surface area contributed by atoms with Crippen molar-refractivity contribution in [3.05, 3.63) is 33.8 Å². The van der Waals surface area contributed by atoms with E-state index in [-0.39, 0.29) is 5.91 Å². The second kappa shape index (κ2) is 6.09. The van der Waals surface area contributed by atoms with Gasteiger partial charge < -0.3 is 10.2 Å². The molecule has 0 atom stereocenters. The number of amides is 1. The molecule has 0 unspecified atom stereocenters. The van der Waals surface area contributed by atoms with Crippen molar-refractivity contribution in [3.8, 4) is 0 Å². The molecule has 1 aromatic carbocycles. The molecular weight excluding hydrogens is 247 g/mol. The van der Waals surface area contributed by atoms with Crippen LogP contribution in [0.4, 0.5) is 0 Å². The maximum atomic E-state index is 11.7. The Morgan fingerprint density at radius 3 is 2.31 bits per heavy atom. The van der Waals surface area contributed by atoms with Gasteiger partial charge in [0.15, 0.2) is 0 Å². The third-order valence-electron chi connectivity index (χ3n) is 1.97. The highest BCUT2D eigenvalue weighted by molar-refractivity contribution is 6.35. The van der Waals surface area contributed by atoms with E-state index in [2.05, 4.69) is 5.32 Å². The van der Waals surface area contributed by atoms with Crippen molar-refractivity contribution in [1.29, 1.82) is 0 Å². The number of rotatable bonds is 4. The van der Waals surface area contributed by atoms with Crippen LogP contribution in [0.1, 0.15) is 10.4 Å². The summed E-state index contributed by atoms with van der Waals surface area (Å²) in [4.78, 5) is 13.7. The maximum absolute atomic E-state index is 11.7. The Morgan fingerprint density at radius 1 is 1.25 bits per heavy atom. The zero-order chi connectivity index (χ0) is 12.1. The van der Waals surface area contributed by atoms with Crippen LogP contribution in [0.25, 0.3) is 0 Å². The largest absolute Gasteiger partial charge is 0.351 e. The van der Waals surface area contributed by atoms with Gasteiger partial charge in [-0.15, -0.1) is 0 Å². The van der Waals surface area contributed by atoms with Crippen molar-refractivity contribution in [2.24, 2.45) is 0 Å². The highest BCUT2D eigenvalue weighted by Crippen LogP contribution is 2.18. The highest BCUT2D eigenvalue weighted by atomic mass is 35.5. The van der Waals surface area contributed by atoms with E-state index in [9.17, 15) is 4.79 Å². The summed E-state index contributed by atoms with van der Waals surface area (Å²) < 4.78 is 0. The summed E-state index contributed by atoms with van der Waals surface area (Å²) in [5.41, 5.74) is 0.483. The standard InChI is InChI=1S/C11H14Cl2N2O/c1-15(2)4-3-14-11(16)8-5-9(12)7-10(13)6-8/h5-7H,3-4H2,1-2H3,(H,14,16). The minimum Gasteiger partial charge on any atom is -0.351 e. The lowest BCUT2D eigenvalue weighted by Crippen LogP contribution is -2.31. The van der Waals surface area contributed by atoms with Gasteiger partial charge in [-0.25, -0.2) is 0 Å². The third kappa shape index (κ3) is 4.39. The number of hydrogen-bond donors (Lipinski definition) is 1. The first-order valence-electron chi connectivity index (χ1n) is 4.88. The average molecular weight is 261 g/mol. The number of halogens is 2. The van der Waals surface area contributed by atoms with Crippen LogP contribution in [-0.2, 0) is 0 Å². The van der Waals surface area contributed by atoms with Gasteiger partial charge in [-0.05, 0) is 32.3 Å². The predicted octanol–water partition coefficient (Wildman–Crippen LogP) is 2.28. The van der Waals surface area contributed by atoms with E-state index in [1.807, 2.05) is 19.0 Å². The van der Waals surface area contributed by atoms with E-state index >= 15 is 0 Å². The zero-order valence-electron chi connectivity index (χ0n) is 9.26. The van der Waals surface area contributed by atoms with Crippen molar-refractivity contribution >= 4 is 29.1 Å². The van der Waals surface area contributed by atoms with Gasteiger partial charge in [0, 0.05) is 28.7 Å². The lowest BCUT2D eigenvalue weighted by atomic mass is 10.2. The van der Waals surface area contributed by atoms with Crippen LogP contribution in [0.5, 0.6) is 0 Å². The van der Waals surface area contributed by atoms with Crippen LogP contribution in [0.3, 0.4) is 0 Å². The van der Waals surface area contributed by atoms with Crippen molar-refractivity contribution in [3.63, 3.8) is 0 Å². The Hall–Kier alpha value is -0.770.